The molecule has 0 saturated heterocycles. The van der Waals surface area contributed by atoms with E-state index in [2.05, 4.69) is 39.5 Å². The smallest absolute Gasteiger partial charge is 0.00189 e. The second kappa shape index (κ2) is 10.1. The standard InChI is InChI=1S/C15H33N/c1-6-11-15(7-2)14(5)12-10-13-16(8-3)9-4/h14-15H,6-13H2,1-5H3/i16+2. The van der Waals surface area contributed by atoms with E-state index in [1.165, 1.54) is 51.7 Å². The van der Waals surface area contributed by atoms with Crippen LogP contribution in [0.3, 0.4) is 0 Å². The second-order valence-electron chi connectivity index (χ2n) is 5.10. The topological polar surface area (TPSA) is 3.24 Å². The third kappa shape index (κ3) is 6.52. The molecular formula is C15H33N. The van der Waals surface area contributed by atoms with Crippen molar-refractivity contribution in [2.24, 2.45) is 11.8 Å². The molecule has 0 amide bonds. The van der Waals surface area contributed by atoms with E-state index in [1.807, 2.05) is 0 Å². The van der Waals surface area contributed by atoms with Crippen LogP contribution in [0.4, 0.5) is 0 Å². The molecule has 0 saturated carbocycles. The van der Waals surface area contributed by atoms with Gasteiger partial charge in [-0.15, -0.1) is 0 Å². The molecule has 0 aromatic rings. The number of hydrogen-bond donors (Lipinski definition) is 0. The Labute approximate surface area is 104 Å². The number of nitrogens with zero attached hydrogens (tertiary/aromatic N) is 1. The van der Waals surface area contributed by atoms with Crippen molar-refractivity contribution >= 4 is 0 Å². The maximum absolute atomic E-state index is 2.54. The fourth-order valence-corrected chi connectivity index (χ4v) is 2.67. The van der Waals surface area contributed by atoms with Crippen LogP contribution >= 0.6 is 0 Å². The molecular weight excluding hydrogens is 196 g/mol. The Bertz CT molecular complexity index is 140. The van der Waals surface area contributed by atoms with Crippen LogP contribution in [0.15, 0.2) is 0 Å². The average molecular weight is 229 g/mol. The summed E-state index contributed by atoms with van der Waals surface area (Å²) in [5, 5.41) is 0. The van der Waals surface area contributed by atoms with Crippen LogP contribution in [0, 0.1) is 11.8 Å². The summed E-state index contributed by atoms with van der Waals surface area (Å²) in [4.78, 5) is 2.54. The van der Waals surface area contributed by atoms with Crippen LogP contribution < -0.4 is 0 Å². The summed E-state index contributed by atoms with van der Waals surface area (Å²) >= 11 is 0. The zero-order chi connectivity index (χ0) is 12.4. The Morgan fingerprint density at radius 3 is 2.00 bits per heavy atom. The van der Waals surface area contributed by atoms with E-state index in [4.69, 9.17) is 0 Å². The molecule has 2 atom stereocenters. The van der Waals surface area contributed by atoms with Crippen molar-refractivity contribution in [3.05, 3.63) is 0 Å². The van der Waals surface area contributed by atoms with Gasteiger partial charge in [-0.1, -0.05) is 53.9 Å². The van der Waals surface area contributed by atoms with Gasteiger partial charge in [0.15, 0.2) is 0 Å². The van der Waals surface area contributed by atoms with E-state index in [1.54, 1.807) is 0 Å². The zero-order valence-electron chi connectivity index (χ0n) is 12.3. The summed E-state index contributed by atoms with van der Waals surface area (Å²) in [5.41, 5.74) is 0. The van der Waals surface area contributed by atoms with Crippen LogP contribution in [-0.4, -0.2) is 24.5 Å². The van der Waals surface area contributed by atoms with Crippen molar-refractivity contribution in [3.8, 4) is 0 Å². The van der Waals surface area contributed by atoms with E-state index in [9.17, 15) is 0 Å². The lowest BCUT2D eigenvalue weighted by atomic mass is 9.85. The minimum atomic E-state index is 0.917. The van der Waals surface area contributed by atoms with Crippen molar-refractivity contribution in [2.75, 3.05) is 19.6 Å². The molecule has 1 heteroatoms. The summed E-state index contributed by atoms with van der Waals surface area (Å²) in [6, 6.07) is 0. The predicted molar refractivity (Wildman–Crippen MR) is 74.9 cm³/mol. The third-order valence-corrected chi connectivity index (χ3v) is 4.02. The number of hydrogen-bond acceptors (Lipinski definition) is 1. The first-order chi connectivity index (χ1) is 7.69. The molecule has 16 heavy (non-hydrogen) atoms. The SMILES string of the molecule is CCCC(CC)C(C)CCC[16N](CC)CC. The molecule has 2 unspecified atom stereocenters. The van der Waals surface area contributed by atoms with Crippen LogP contribution in [0.2, 0.25) is 0 Å². The lowest BCUT2D eigenvalue weighted by Gasteiger charge is -2.24. The zero-order valence-corrected chi connectivity index (χ0v) is 12.3. The van der Waals surface area contributed by atoms with Crippen LogP contribution in [0.1, 0.15) is 66.7 Å². The van der Waals surface area contributed by atoms with Gasteiger partial charge in [-0.3, -0.25) is 0 Å². The second-order valence-corrected chi connectivity index (χ2v) is 5.10. The van der Waals surface area contributed by atoms with Gasteiger partial charge >= 0.3 is 0 Å². The lowest BCUT2D eigenvalue weighted by molar-refractivity contribution is 0.257. The van der Waals surface area contributed by atoms with Gasteiger partial charge in [0.05, 0.1) is 0 Å². The average Bonchev–Trinajstić information content (AvgIpc) is 2.31. The highest BCUT2D eigenvalue weighted by Crippen LogP contribution is 2.24. The molecule has 0 aromatic carbocycles. The molecule has 0 heterocycles. The first-order valence-electron chi connectivity index (χ1n) is 7.41. The molecule has 0 aliphatic heterocycles. The fraction of sp³-hybridized carbons (Fsp3) is 1.00. The molecule has 1 nitrogen and oxygen atoms in total. The molecule has 0 radical (unpaired) electrons. The summed E-state index contributed by atoms with van der Waals surface area (Å²) in [7, 11) is 0. The van der Waals surface area contributed by atoms with Crippen LogP contribution in [-0.2, 0) is 0 Å². The Hall–Kier alpha value is -0.0400. The maximum Gasteiger partial charge on any atom is -0.00189 e. The van der Waals surface area contributed by atoms with Gasteiger partial charge in [-0.05, 0) is 44.3 Å². The van der Waals surface area contributed by atoms with Gasteiger partial charge in [0.1, 0.15) is 0 Å². The van der Waals surface area contributed by atoms with Gasteiger partial charge in [0.25, 0.3) is 0 Å². The van der Waals surface area contributed by atoms with Gasteiger partial charge in [0.2, 0.25) is 0 Å². The van der Waals surface area contributed by atoms with Crippen molar-refractivity contribution < 1.29 is 0 Å². The molecule has 0 N–H and O–H groups in total. The first kappa shape index (κ1) is 16.0. The largest absolute Gasteiger partial charge is 0.304 e. The molecule has 0 aromatic heterocycles. The summed E-state index contributed by atoms with van der Waals surface area (Å²) < 4.78 is 0. The van der Waals surface area contributed by atoms with Gasteiger partial charge in [-0.2, -0.15) is 0 Å². The highest BCUT2D eigenvalue weighted by Gasteiger charge is 2.14. The van der Waals surface area contributed by atoms with E-state index < -0.39 is 0 Å². The summed E-state index contributed by atoms with van der Waals surface area (Å²) in [6.07, 6.45) is 6.92. The number of rotatable bonds is 10. The third-order valence-electron chi connectivity index (χ3n) is 4.02. The quantitative estimate of drug-likeness (QED) is 0.530. The molecule has 0 rings (SSSR count). The van der Waals surface area contributed by atoms with E-state index in [0.717, 1.165) is 11.8 Å². The monoisotopic (exact) mass is 229 g/mol. The van der Waals surface area contributed by atoms with Gasteiger partial charge in [0, 0.05) is 0 Å². The van der Waals surface area contributed by atoms with Crippen LogP contribution in [0.5, 0.6) is 0 Å². The summed E-state index contributed by atoms with van der Waals surface area (Å²) in [5.74, 6) is 1.88. The van der Waals surface area contributed by atoms with E-state index >= 15 is 0 Å². The van der Waals surface area contributed by atoms with Gasteiger partial charge in [-0.25, -0.2) is 0 Å². The van der Waals surface area contributed by atoms with Crippen LogP contribution in [0.25, 0.3) is 0 Å². The van der Waals surface area contributed by atoms with Crippen molar-refractivity contribution in [3.63, 3.8) is 0 Å². The Morgan fingerprint density at radius 2 is 1.56 bits per heavy atom. The molecule has 0 aliphatic rings. The highest BCUT2D eigenvalue weighted by molar-refractivity contribution is 4.66. The lowest BCUT2D eigenvalue weighted by Crippen LogP contribution is -2.24. The Balaban J connectivity index is 3.73. The Morgan fingerprint density at radius 1 is 0.938 bits per heavy atom. The van der Waals surface area contributed by atoms with Crippen molar-refractivity contribution in [1.29, 1.82) is 0 Å². The van der Waals surface area contributed by atoms with Crippen molar-refractivity contribution in [1.82, 2.24) is 4.90 Å². The molecule has 0 aliphatic carbocycles. The fourth-order valence-electron chi connectivity index (χ4n) is 2.67. The summed E-state index contributed by atoms with van der Waals surface area (Å²) in [6.45, 7) is 15.3. The maximum atomic E-state index is 2.54. The van der Waals surface area contributed by atoms with E-state index in [-0.39, 0.29) is 0 Å². The molecule has 0 fully saturated rings. The highest BCUT2D eigenvalue weighted by atomic mass is 16.7. The van der Waals surface area contributed by atoms with Gasteiger partial charge < -0.3 is 4.90 Å². The minimum absolute atomic E-state index is 0.917. The minimum Gasteiger partial charge on any atom is -0.304 e. The predicted octanol–water partition coefficient (Wildman–Crippen LogP) is 4.57. The van der Waals surface area contributed by atoms with E-state index in [0.29, 0.717) is 0 Å². The normalized spacial score (nSPS) is 15.4. The Kier molecular flexibility index (Phi) is 10.1. The molecule has 0 bridgehead atoms. The first-order valence-corrected chi connectivity index (χ1v) is 7.41. The van der Waals surface area contributed by atoms with Crippen molar-refractivity contribution in [2.45, 2.75) is 66.7 Å². The molecule has 0 spiro atoms. The molecule has 98 valence electrons.